The van der Waals surface area contributed by atoms with Crippen molar-refractivity contribution < 1.29 is 137 Å². The van der Waals surface area contributed by atoms with Gasteiger partial charge in [-0.15, -0.1) is 0 Å². The molecule has 0 saturated carbocycles. The summed E-state index contributed by atoms with van der Waals surface area (Å²) in [6.45, 7) is 1.73. The molecule has 0 aliphatic rings. The first-order valence-corrected chi connectivity index (χ1v) is 3.90. The van der Waals surface area contributed by atoms with Crippen LogP contribution in [0, 0.1) is 0 Å². The van der Waals surface area contributed by atoms with Crippen LogP contribution >= 0.6 is 0 Å². The molecule has 16 heavy (non-hydrogen) atoms. The molecule has 0 fully saturated rings. The van der Waals surface area contributed by atoms with E-state index in [0.717, 1.165) is 0 Å². The van der Waals surface area contributed by atoms with Crippen LogP contribution in [0.5, 0.6) is 0 Å². The van der Waals surface area contributed by atoms with Gasteiger partial charge in [0.15, 0.2) is 0 Å². The molecule has 2 N–H and O–H groups in total. The van der Waals surface area contributed by atoms with Gasteiger partial charge in [-0.2, -0.15) is 0 Å². The molecule has 0 aliphatic heterocycles. The van der Waals surface area contributed by atoms with Crippen molar-refractivity contribution >= 4 is 6.16 Å². The molecule has 0 aromatic heterocycles. The third kappa shape index (κ3) is 44.0. The predicted octanol–water partition coefficient (Wildman–Crippen LogP) is -9.43. The van der Waals surface area contributed by atoms with Gasteiger partial charge in [-0.3, -0.25) is 0 Å². The first kappa shape index (κ1) is 26.9. The molecule has 0 saturated heterocycles. The van der Waals surface area contributed by atoms with E-state index in [1.807, 2.05) is 0 Å². The Balaban J connectivity index is -0.000000105. The zero-order valence-electron chi connectivity index (χ0n) is 9.68. The molecule has 7 nitrogen and oxygen atoms in total. The minimum Gasteiger partial charge on any atom is -0.652 e. The first-order chi connectivity index (χ1) is 6.65. The van der Waals surface area contributed by atoms with Crippen LogP contribution in [0.2, 0.25) is 0 Å². The number of rotatable bonds is 7. The van der Waals surface area contributed by atoms with Crippen LogP contribution in [-0.4, -0.2) is 56.0 Å². The van der Waals surface area contributed by atoms with Crippen LogP contribution in [0.1, 0.15) is 0 Å². The average molecular weight is 288 g/mol. The van der Waals surface area contributed by atoms with Crippen LogP contribution in [0.3, 0.4) is 0 Å². The van der Waals surface area contributed by atoms with Crippen molar-refractivity contribution in [3.8, 4) is 0 Å². The zero-order valence-corrected chi connectivity index (χ0v) is 15.9. The summed E-state index contributed by atoms with van der Waals surface area (Å²) >= 11 is 0. The van der Waals surface area contributed by atoms with Crippen LogP contribution in [0.15, 0.2) is 0 Å². The number of aliphatic hydroxyl groups is 2. The van der Waals surface area contributed by atoms with Crippen molar-refractivity contribution in [1.82, 2.24) is 0 Å². The van der Waals surface area contributed by atoms with Crippen molar-refractivity contribution in [2.24, 2.45) is 0 Å². The van der Waals surface area contributed by atoms with Gasteiger partial charge in [0.2, 0.25) is 0 Å². The smallest absolute Gasteiger partial charge is 0.652 e. The Morgan fingerprint density at radius 3 is 1.31 bits per heavy atom. The number of hydrogen-bond donors (Lipinski definition) is 2. The van der Waals surface area contributed by atoms with Gasteiger partial charge in [-0.25, -0.2) is 0 Å². The molecule has 0 aromatic rings. The van der Waals surface area contributed by atoms with Gasteiger partial charge < -0.3 is 34.7 Å². The minimum atomic E-state index is -2.33. The van der Waals surface area contributed by atoms with E-state index in [9.17, 15) is 0 Å². The Labute approximate surface area is 179 Å². The molecule has 86 valence electrons. The summed E-state index contributed by atoms with van der Waals surface area (Å²) in [6, 6.07) is 0. The van der Waals surface area contributed by atoms with Crippen molar-refractivity contribution in [2.45, 2.75) is 0 Å². The molecule has 0 radical (unpaired) electrons. The van der Waals surface area contributed by atoms with E-state index in [2.05, 4.69) is 0 Å². The van der Waals surface area contributed by atoms with Gasteiger partial charge in [0.1, 0.15) is 0 Å². The van der Waals surface area contributed by atoms with Gasteiger partial charge in [0, 0.05) is 0 Å². The van der Waals surface area contributed by atoms with Crippen LogP contribution in [0.4, 0.5) is 4.79 Å². The van der Waals surface area contributed by atoms with Gasteiger partial charge in [0.05, 0.1) is 39.6 Å². The topological polar surface area (TPSA) is 122 Å². The Kier molecular flexibility index (Phi) is 43.7. The maximum absolute atomic E-state index is 8.33. The molecule has 0 unspecified atom stereocenters. The number of carbonyl (C=O) groups excluding carboxylic acids is 1. The van der Waals surface area contributed by atoms with Crippen molar-refractivity contribution in [3.63, 3.8) is 0 Å². The molecule has 0 rings (SSSR count). The second-order valence-corrected chi connectivity index (χ2v) is 1.92. The molecule has 0 aromatic carbocycles. The van der Waals surface area contributed by atoms with Gasteiger partial charge in [-0.1, -0.05) is 0 Å². The van der Waals surface area contributed by atoms with Crippen LogP contribution < -0.4 is 113 Å². The molecule has 0 amide bonds. The number of carboxylic acid groups (broad SMARTS) is 2. The normalized spacial score (nSPS) is 7.88. The maximum Gasteiger partial charge on any atom is 1.00 e. The summed E-state index contributed by atoms with van der Waals surface area (Å²) in [5.74, 6) is 0. The summed E-state index contributed by atoms with van der Waals surface area (Å²) in [5, 5.41) is 33.2. The van der Waals surface area contributed by atoms with Crippen LogP contribution in [-0.2, 0) is 9.47 Å². The van der Waals surface area contributed by atoms with E-state index >= 15 is 0 Å². The Morgan fingerprint density at radius 1 is 0.875 bits per heavy atom. The predicted molar refractivity (Wildman–Crippen MR) is 41.2 cm³/mol. The molecule has 0 heterocycles. The van der Waals surface area contributed by atoms with E-state index in [-0.39, 0.29) is 116 Å². The number of hydrogen-bond acceptors (Lipinski definition) is 7. The monoisotopic (exact) mass is 288 g/mol. The molecule has 0 spiro atoms. The van der Waals surface area contributed by atoms with E-state index < -0.39 is 6.16 Å². The van der Waals surface area contributed by atoms with E-state index in [4.69, 9.17) is 34.7 Å². The Bertz CT molecular complexity index is 113. The van der Waals surface area contributed by atoms with E-state index in [1.165, 1.54) is 0 Å². The van der Waals surface area contributed by atoms with Gasteiger partial charge in [-0.05, 0) is 6.16 Å². The van der Waals surface area contributed by atoms with Crippen molar-refractivity contribution in [2.75, 3.05) is 39.6 Å². The average Bonchev–Trinajstić information content (AvgIpc) is 2.10. The number of carbonyl (C=O) groups is 1. The quantitative estimate of drug-likeness (QED) is 0.352. The molecule has 0 bridgehead atoms. The largest absolute Gasteiger partial charge is 1.00 e. The van der Waals surface area contributed by atoms with Crippen molar-refractivity contribution in [3.05, 3.63) is 0 Å². The Morgan fingerprint density at radius 2 is 1.12 bits per heavy atom. The summed E-state index contributed by atoms with van der Waals surface area (Å²) < 4.78 is 9.75. The zero-order chi connectivity index (χ0) is 11.2. The third-order valence-corrected chi connectivity index (χ3v) is 0.843. The van der Waals surface area contributed by atoms with Crippen LogP contribution in [0.25, 0.3) is 0 Å². The molecule has 0 aliphatic carbocycles. The fourth-order valence-electron chi connectivity index (χ4n) is 0.451. The Hall–Kier alpha value is 2.38. The van der Waals surface area contributed by atoms with E-state index in [1.54, 1.807) is 0 Å². The van der Waals surface area contributed by atoms with Crippen molar-refractivity contribution in [1.29, 1.82) is 0 Å². The minimum absolute atomic E-state index is 0. The molecule has 0 atom stereocenters. The standard InChI is InChI=1S/C6H14O4.CH2O3.2K/c7-1-3-9-5-6-10-4-2-8;2-1(3)4;;/h7-8H,1-6H2;(H2,2,3,4);;/q;;2*+1/p-2. The summed E-state index contributed by atoms with van der Waals surface area (Å²) in [6.07, 6.45) is -2.33. The summed E-state index contributed by atoms with van der Waals surface area (Å²) in [5.41, 5.74) is 0. The maximum atomic E-state index is 8.33. The third-order valence-electron chi connectivity index (χ3n) is 0.843. The fourth-order valence-corrected chi connectivity index (χ4v) is 0.451. The first-order valence-electron chi connectivity index (χ1n) is 3.90. The summed E-state index contributed by atoms with van der Waals surface area (Å²) in [7, 11) is 0. The molecule has 9 heteroatoms. The summed E-state index contributed by atoms with van der Waals surface area (Å²) in [4.78, 5) is 8.33. The fraction of sp³-hybridized carbons (Fsp3) is 0.857. The SMILES string of the molecule is O=C([O-])[O-].OCCOCCOCCO.[K+].[K+]. The van der Waals surface area contributed by atoms with Gasteiger partial charge >= 0.3 is 103 Å². The van der Waals surface area contributed by atoms with E-state index in [0.29, 0.717) is 26.4 Å². The molecular formula is C7H14K2O7. The second kappa shape index (κ2) is 26.0. The van der Waals surface area contributed by atoms with Gasteiger partial charge in [0.25, 0.3) is 0 Å². The second-order valence-electron chi connectivity index (χ2n) is 1.92. The number of ether oxygens (including phenoxy) is 2. The molecular weight excluding hydrogens is 274 g/mol. The number of aliphatic hydroxyl groups excluding tert-OH is 2.